The Bertz CT molecular complexity index is 1180. The summed E-state index contributed by atoms with van der Waals surface area (Å²) in [6, 6.07) is 8.13. The minimum atomic E-state index is -4.53. The van der Waals surface area contributed by atoms with E-state index in [2.05, 4.69) is 27.5 Å². The molecule has 1 aromatic carbocycles. The van der Waals surface area contributed by atoms with Crippen LogP contribution in [0.1, 0.15) is 82.7 Å². The number of hydrogen-bond donors (Lipinski definition) is 0. The van der Waals surface area contributed by atoms with Gasteiger partial charge in [0.25, 0.3) is 0 Å². The lowest BCUT2D eigenvalue weighted by Crippen LogP contribution is -2.15. The Balaban J connectivity index is 0.000000671. The quantitative estimate of drug-likeness (QED) is 0.115. The Hall–Kier alpha value is -2.38. The van der Waals surface area contributed by atoms with Crippen molar-refractivity contribution < 1.29 is 17.6 Å². The van der Waals surface area contributed by atoms with Crippen molar-refractivity contribution in [2.45, 2.75) is 72.9 Å². The van der Waals surface area contributed by atoms with E-state index in [1.165, 1.54) is 23.9 Å². The largest absolute Gasteiger partial charge is 0.433 e. The topological polar surface area (TPSA) is 12.9 Å². The zero-order chi connectivity index (χ0) is 28.9. The van der Waals surface area contributed by atoms with Gasteiger partial charge in [0.05, 0.1) is 0 Å². The van der Waals surface area contributed by atoms with Gasteiger partial charge in [-0.1, -0.05) is 93.1 Å². The highest BCUT2D eigenvalue weighted by atomic mass is 79.9. The van der Waals surface area contributed by atoms with E-state index in [-0.39, 0.29) is 11.4 Å². The molecule has 2 aromatic rings. The minimum absolute atomic E-state index is 0.0178. The Labute approximate surface area is 238 Å². The number of alkyl halides is 3. The predicted molar refractivity (Wildman–Crippen MR) is 160 cm³/mol. The van der Waals surface area contributed by atoms with Crippen LogP contribution < -0.4 is 0 Å². The molecule has 0 spiro atoms. The van der Waals surface area contributed by atoms with Crippen LogP contribution in [0.5, 0.6) is 0 Å². The number of aromatic nitrogens is 1. The van der Waals surface area contributed by atoms with Crippen LogP contribution in [0.25, 0.3) is 5.57 Å². The highest BCUT2D eigenvalue weighted by molar-refractivity contribution is 9.11. The van der Waals surface area contributed by atoms with E-state index in [9.17, 15) is 17.6 Å². The molecule has 0 radical (unpaired) electrons. The molecule has 0 aliphatic carbocycles. The molecular weight excluding hydrogens is 574 g/mol. The van der Waals surface area contributed by atoms with Gasteiger partial charge in [-0.25, -0.2) is 4.39 Å². The van der Waals surface area contributed by atoms with E-state index < -0.39 is 11.9 Å². The van der Waals surface area contributed by atoms with Gasteiger partial charge in [-0.2, -0.15) is 13.2 Å². The molecule has 0 saturated carbocycles. The lowest BCUT2D eigenvalue weighted by Gasteiger charge is -2.18. The summed E-state index contributed by atoms with van der Waals surface area (Å²) in [5.41, 5.74) is 4.08. The van der Waals surface area contributed by atoms with Crippen LogP contribution in [0.4, 0.5) is 17.6 Å². The first kappa shape index (κ1) is 33.6. The molecule has 2 rings (SSSR count). The van der Waals surface area contributed by atoms with E-state index in [1.54, 1.807) is 24.3 Å². The van der Waals surface area contributed by atoms with Crippen LogP contribution in [-0.2, 0) is 12.6 Å². The highest BCUT2D eigenvalue weighted by Crippen LogP contribution is 2.35. The van der Waals surface area contributed by atoms with Gasteiger partial charge in [0, 0.05) is 21.1 Å². The summed E-state index contributed by atoms with van der Waals surface area (Å²) in [4.78, 5) is 4.09. The number of benzene rings is 1. The SMILES string of the molecule is C=C\C(Br)=C/C=C(C)\C(CC)=C(\CC)c1cnc(C(F)(F)F)c(C(=S)CCC)c1.CCc1ccc(F)cc1. The number of halogens is 5. The standard InChI is InChI=1S/C23H27BrF3NS.C8H9F/c1-6-10-21(29)20-13-16(14-28-22(20)23(25,26)27)19(9-4)18(8-3)15(5)11-12-17(24)7-2;1-2-7-3-5-8(9)6-4-7/h7,11-14H,2,6,8-10H2,1,3-5H3;3-6H,2H2,1H3/b15-11-,17-12+,19-18-;. The molecule has 0 N–H and O–H groups in total. The lowest BCUT2D eigenvalue weighted by atomic mass is 9.90. The van der Waals surface area contributed by atoms with Gasteiger partial charge in [0.1, 0.15) is 5.82 Å². The molecule has 1 aromatic heterocycles. The van der Waals surface area contributed by atoms with Gasteiger partial charge in [-0.3, -0.25) is 4.98 Å². The number of hydrogen-bond acceptors (Lipinski definition) is 2. The number of aryl methyl sites for hydroxylation is 1. The minimum Gasteiger partial charge on any atom is -0.251 e. The second-order valence-corrected chi connectivity index (χ2v) is 9.95. The first-order valence-electron chi connectivity index (χ1n) is 12.7. The predicted octanol–water partition coefficient (Wildman–Crippen LogP) is 11.0. The van der Waals surface area contributed by atoms with Gasteiger partial charge in [0.2, 0.25) is 0 Å². The van der Waals surface area contributed by atoms with E-state index >= 15 is 0 Å². The van der Waals surface area contributed by atoms with Crippen LogP contribution in [0, 0.1) is 5.82 Å². The molecule has 1 nitrogen and oxygen atoms in total. The van der Waals surface area contributed by atoms with Crippen molar-refractivity contribution in [3.63, 3.8) is 0 Å². The fourth-order valence-electron chi connectivity index (χ4n) is 3.85. The lowest BCUT2D eigenvalue weighted by molar-refractivity contribution is -0.141. The van der Waals surface area contributed by atoms with Crippen LogP contribution in [-0.4, -0.2) is 9.85 Å². The number of thiocarbonyl (C=S) groups is 1. The Morgan fingerprint density at radius 2 is 1.68 bits per heavy atom. The number of allylic oxidation sites excluding steroid dienone is 7. The van der Waals surface area contributed by atoms with Crippen molar-refractivity contribution in [3.8, 4) is 0 Å². The normalized spacial score (nSPS) is 12.9. The Morgan fingerprint density at radius 1 is 1.05 bits per heavy atom. The molecule has 0 aliphatic heterocycles. The van der Waals surface area contributed by atoms with Crippen LogP contribution in [0.15, 0.2) is 77.0 Å². The highest BCUT2D eigenvalue weighted by Gasteiger charge is 2.36. The van der Waals surface area contributed by atoms with Crippen LogP contribution in [0.3, 0.4) is 0 Å². The zero-order valence-electron chi connectivity index (χ0n) is 22.7. The number of nitrogens with zero attached hydrogens (tertiary/aromatic N) is 1. The third kappa shape index (κ3) is 10.4. The summed E-state index contributed by atoms with van der Waals surface area (Å²) in [6.45, 7) is 13.7. The van der Waals surface area contributed by atoms with Crippen molar-refractivity contribution in [1.29, 1.82) is 0 Å². The maximum atomic E-state index is 13.5. The molecule has 0 aliphatic rings. The average molecular weight is 611 g/mol. The van der Waals surface area contributed by atoms with E-state index in [0.717, 1.165) is 34.0 Å². The van der Waals surface area contributed by atoms with Crippen LogP contribution in [0.2, 0.25) is 0 Å². The van der Waals surface area contributed by atoms with Gasteiger partial charge in [-0.05, 0) is 84.7 Å². The maximum Gasteiger partial charge on any atom is 0.433 e. The fraction of sp³-hybridized carbons (Fsp3) is 0.355. The smallest absolute Gasteiger partial charge is 0.251 e. The summed E-state index contributed by atoms with van der Waals surface area (Å²) in [5, 5.41) is 0. The van der Waals surface area contributed by atoms with Crippen molar-refractivity contribution in [2.24, 2.45) is 0 Å². The van der Waals surface area contributed by atoms with E-state index in [4.69, 9.17) is 12.2 Å². The van der Waals surface area contributed by atoms with Gasteiger partial charge >= 0.3 is 6.18 Å². The van der Waals surface area contributed by atoms with Gasteiger partial charge < -0.3 is 0 Å². The molecule has 38 heavy (non-hydrogen) atoms. The second-order valence-electron chi connectivity index (χ2n) is 8.54. The summed E-state index contributed by atoms with van der Waals surface area (Å²) in [7, 11) is 0. The maximum absolute atomic E-state index is 13.5. The number of rotatable bonds is 10. The Kier molecular flexibility index (Phi) is 14.7. The molecule has 0 saturated heterocycles. The summed E-state index contributed by atoms with van der Waals surface area (Å²) >= 11 is 8.69. The van der Waals surface area contributed by atoms with Crippen molar-refractivity contribution >= 4 is 38.6 Å². The van der Waals surface area contributed by atoms with Crippen molar-refractivity contribution in [2.75, 3.05) is 0 Å². The van der Waals surface area contributed by atoms with Gasteiger partial charge in [0.15, 0.2) is 5.69 Å². The molecule has 206 valence electrons. The van der Waals surface area contributed by atoms with Crippen LogP contribution >= 0.6 is 28.1 Å². The summed E-state index contributed by atoms with van der Waals surface area (Å²) < 4.78 is 53.5. The summed E-state index contributed by atoms with van der Waals surface area (Å²) in [5.74, 6) is -0.160. The molecule has 0 atom stereocenters. The molecule has 0 amide bonds. The Morgan fingerprint density at radius 3 is 2.16 bits per heavy atom. The molecule has 0 unspecified atom stereocenters. The average Bonchev–Trinajstić information content (AvgIpc) is 2.90. The zero-order valence-corrected chi connectivity index (χ0v) is 25.1. The molecular formula is C31H36BrF4NS. The van der Waals surface area contributed by atoms with Crippen molar-refractivity contribution in [1.82, 2.24) is 4.98 Å². The third-order valence-corrected chi connectivity index (χ3v) is 6.85. The van der Waals surface area contributed by atoms with Crippen molar-refractivity contribution in [3.05, 3.63) is 105 Å². The number of pyridine rings is 1. The molecule has 0 bridgehead atoms. The van der Waals surface area contributed by atoms with Gasteiger partial charge in [-0.15, -0.1) is 0 Å². The second kappa shape index (κ2) is 16.6. The monoisotopic (exact) mass is 609 g/mol. The first-order chi connectivity index (χ1) is 17.9. The third-order valence-electron chi connectivity index (χ3n) is 5.84. The fourth-order valence-corrected chi connectivity index (χ4v) is 4.34. The molecule has 0 fully saturated rings. The van der Waals surface area contributed by atoms with E-state index in [0.29, 0.717) is 29.7 Å². The molecule has 7 heteroatoms. The summed E-state index contributed by atoms with van der Waals surface area (Å²) in [6.07, 6.45) is 5.86. The molecule has 1 heterocycles. The van der Waals surface area contributed by atoms with E-state index in [1.807, 2.05) is 46.8 Å². The first-order valence-corrected chi connectivity index (χ1v) is 13.9.